The Hall–Kier alpha value is -0.240. The van der Waals surface area contributed by atoms with E-state index >= 15 is 0 Å². The van der Waals surface area contributed by atoms with Crippen LogP contribution in [0.25, 0.3) is 0 Å². The molecule has 0 heterocycles. The average Bonchev–Trinajstić information content (AvgIpc) is 2.95. The molecule has 1 atom stereocenters. The molecular formula is C42H93N3O3. The zero-order chi connectivity index (χ0) is 37.7. The van der Waals surface area contributed by atoms with Crippen LogP contribution in [0.1, 0.15) is 163 Å². The van der Waals surface area contributed by atoms with Crippen molar-refractivity contribution in [3.05, 3.63) is 0 Å². The summed E-state index contributed by atoms with van der Waals surface area (Å²) in [6.45, 7) is 45.5. The quantitative estimate of drug-likeness (QED) is 0.0799. The van der Waals surface area contributed by atoms with Gasteiger partial charge in [-0.15, -0.1) is 0 Å². The Morgan fingerprint density at radius 1 is 0.312 bits per heavy atom. The van der Waals surface area contributed by atoms with Crippen LogP contribution in [-0.4, -0.2) is 75.9 Å². The molecule has 0 fully saturated rings. The molecule has 0 saturated heterocycles. The Morgan fingerprint density at radius 3 is 0.833 bits per heavy atom. The highest BCUT2D eigenvalue weighted by atomic mass is 16.5. The average molecular weight is 688 g/mol. The highest BCUT2D eigenvalue weighted by molar-refractivity contribution is 4.70. The predicted octanol–water partition coefficient (Wildman–Crippen LogP) is 10.4. The van der Waals surface area contributed by atoms with E-state index in [0.29, 0.717) is 48.3 Å². The van der Waals surface area contributed by atoms with Crippen molar-refractivity contribution in [3.8, 4) is 0 Å². The van der Waals surface area contributed by atoms with Gasteiger partial charge in [-0.25, -0.2) is 0 Å². The summed E-state index contributed by atoms with van der Waals surface area (Å²) in [4.78, 5) is 0. The van der Waals surface area contributed by atoms with E-state index in [-0.39, 0.29) is 0 Å². The second-order valence-corrected chi connectivity index (χ2v) is 17.3. The van der Waals surface area contributed by atoms with Crippen LogP contribution in [0.2, 0.25) is 0 Å². The Kier molecular flexibility index (Phi) is 36.8. The Morgan fingerprint density at radius 2 is 0.562 bits per heavy atom. The zero-order valence-corrected chi connectivity index (χ0v) is 36.1. The van der Waals surface area contributed by atoms with E-state index < -0.39 is 0 Å². The van der Waals surface area contributed by atoms with Gasteiger partial charge in [0.2, 0.25) is 0 Å². The highest BCUT2D eigenvalue weighted by Crippen LogP contribution is 2.16. The molecule has 0 aromatic carbocycles. The van der Waals surface area contributed by atoms with Crippen molar-refractivity contribution in [3.63, 3.8) is 0 Å². The highest BCUT2D eigenvalue weighted by Gasteiger charge is 2.14. The van der Waals surface area contributed by atoms with Gasteiger partial charge in [0.05, 0.1) is 38.1 Å². The maximum atomic E-state index is 5.73. The summed E-state index contributed by atoms with van der Waals surface area (Å²) >= 11 is 0. The largest absolute Gasteiger partial charge is 0.378 e. The van der Waals surface area contributed by atoms with E-state index in [2.05, 4.69) is 141 Å². The number of hydrogen-bond acceptors (Lipinski definition) is 6. The molecular weight excluding hydrogens is 594 g/mol. The van der Waals surface area contributed by atoms with Crippen molar-refractivity contribution in [1.29, 1.82) is 0 Å². The molecule has 0 aliphatic heterocycles. The summed E-state index contributed by atoms with van der Waals surface area (Å²) in [5.41, 5.74) is 0. The molecule has 3 N–H and O–H groups in total. The number of nitrogens with one attached hydrogen (secondary N) is 3. The lowest BCUT2D eigenvalue weighted by atomic mass is 9.97. The van der Waals surface area contributed by atoms with Gasteiger partial charge in [-0.3, -0.25) is 0 Å². The van der Waals surface area contributed by atoms with Crippen molar-refractivity contribution in [2.75, 3.05) is 39.5 Å². The minimum Gasteiger partial charge on any atom is -0.378 e. The molecule has 6 heteroatoms. The maximum absolute atomic E-state index is 5.73. The molecule has 294 valence electrons. The SMILES string of the molecule is CC(C)CCC(CNC(C)C)CNC(C)C.CC(C)CCC(CNC(C)C)COC(C)C.CC(C)CCC(COC(C)C)COC(C)C. The molecule has 48 heavy (non-hydrogen) atoms. The summed E-state index contributed by atoms with van der Waals surface area (Å²) in [7, 11) is 0. The topological polar surface area (TPSA) is 63.8 Å². The lowest BCUT2D eigenvalue weighted by Crippen LogP contribution is -2.36. The summed E-state index contributed by atoms with van der Waals surface area (Å²) in [5.74, 6) is 4.35. The molecule has 0 bridgehead atoms. The molecule has 1 unspecified atom stereocenters. The first-order valence-electron chi connectivity index (χ1n) is 20.3. The van der Waals surface area contributed by atoms with E-state index in [1.54, 1.807) is 0 Å². The smallest absolute Gasteiger partial charge is 0.0519 e. The summed E-state index contributed by atoms with van der Waals surface area (Å²) in [5, 5.41) is 10.6. The third kappa shape index (κ3) is 45.8. The Balaban J connectivity index is -0.000000633. The van der Waals surface area contributed by atoms with Crippen LogP contribution >= 0.6 is 0 Å². The van der Waals surface area contributed by atoms with E-state index in [1.165, 1.54) is 38.5 Å². The zero-order valence-electron chi connectivity index (χ0n) is 36.1. The normalized spacial score (nSPS) is 12.9. The number of ether oxygens (including phenoxy) is 3. The molecule has 0 rings (SSSR count). The van der Waals surface area contributed by atoms with Crippen molar-refractivity contribution >= 4 is 0 Å². The van der Waals surface area contributed by atoms with Crippen LogP contribution in [0.3, 0.4) is 0 Å². The van der Waals surface area contributed by atoms with Crippen molar-refractivity contribution < 1.29 is 14.2 Å². The van der Waals surface area contributed by atoms with Gasteiger partial charge >= 0.3 is 0 Å². The van der Waals surface area contributed by atoms with Gasteiger partial charge in [-0.2, -0.15) is 0 Å². The van der Waals surface area contributed by atoms with Crippen LogP contribution in [0.4, 0.5) is 0 Å². The second kappa shape index (κ2) is 33.9. The van der Waals surface area contributed by atoms with E-state index in [9.17, 15) is 0 Å². The van der Waals surface area contributed by atoms with Crippen LogP contribution in [0.5, 0.6) is 0 Å². The summed E-state index contributed by atoms with van der Waals surface area (Å²) in [6.07, 6.45) is 8.68. The van der Waals surface area contributed by atoms with Gasteiger partial charge in [0, 0.05) is 30.6 Å². The molecule has 0 spiro atoms. The van der Waals surface area contributed by atoms with Crippen LogP contribution in [0, 0.1) is 35.5 Å². The fraction of sp³-hybridized carbons (Fsp3) is 1.00. The first-order valence-corrected chi connectivity index (χ1v) is 20.3. The number of rotatable bonds is 27. The van der Waals surface area contributed by atoms with E-state index in [4.69, 9.17) is 14.2 Å². The second-order valence-electron chi connectivity index (χ2n) is 17.3. The van der Waals surface area contributed by atoms with Crippen molar-refractivity contribution in [1.82, 2.24) is 16.0 Å². The first-order chi connectivity index (χ1) is 22.2. The van der Waals surface area contributed by atoms with Gasteiger partial charge in [0.1, 0.15) is 0 Å². The summed E-state index contributed by atoms with van der Waals surface area (Å²) < 4.78 is 17.1. The van der Waals surface area contributed by atoms with Crippen LogP contribution < -0.4 is 16.0 Å². The molecule has 0 amide bonds. The molecule has 0 aliphatic rings. The molecule has 0 aliphatic carbocycles. The van der Waals surface area contributed by atoms with Gasteiger partial charge in [0.25, 0.3) is 0 Å². The monoisotopic (exact) mass is 688 g/mol. The van der Waals surface area contributed by atoms with Crippen LogP contribution in [0.15, 0.2) is 0 Å². The maximum Gasteiger partial charge on any atom is 0.0519 e. The summed E-state index contributed by atoms with van der Waals surface area (Å²) in [6, 6.07) is 1.77. The standard InChI is InChI=1S/C14H32N2.C14H31NO.C14H30O2/c3*1-11(2)7-8-14(9-15-12(3)4)10-16-13(5)6/h11-16H,7-10H2,1-6H3;11-15H,7-10H2,1-6H3;11-14H,7-10H2,1-6H3. The lowest BCUT2D eigenvalue weighted by molar-refractivity contribution is -0.00701. The van der Waals surface area contributed by atoms with E-state index in [1.807, 2.05) is 0 Å². The van der Waals surface area contributed by atoms with Crippen molar-refractivity contribution in [2.24, 2.45) is 35.5 Å². The fourth-order valence-corrected chi connectivity index (χ4v) is 4.64. The first kappa shape index (κ1) is 52.1. The lowest BCUT2D eigenvalue weighted by Gasteiger charge is -2.22. The molecule has 6 nitrogen and oxygen atoms in total. The predicted molar refractivity (Wildman–Crippen MR) is 215 cm³/mol. The van der Waals surface area contributed by atoms with Gasteiger partial charge < -0.3 is 30.2 Å². The minimum absolute atomic E-state index is 0.320. The van der Waals surface area contributed by atoms with Gasteiger partial charge in [-0.05, 0) is 103 Å². The molecule has 0 radical (unpaired) electrons. The van der Waals surface area contributed by atoms with E-state index in [0.717, 1.165) is 63.1 Å². The number of hydrogen-bond donors (Lipinski definition) is 3. The molecule has 0 aromatic rings. The Labute approximate surface area is 304 Å². The third-order valence-corrected chi connectivity index (χ3v) is 7.90. The molecule has 0 saturated carbocycles. The van der Waals surface area contributed by atoms with Gasteiger partial charge in [0.15, 0.2) is 0 Å². The minimum atomic E-state index is 0.320. The van der Waals surface area contributed by atoms with Gasteiger partial charge in [-0.1, -0.05) is 102 Å². The Bertz CT molecular complexity index is 464. The van der Waals surface area contributed by atoms with Crippen molar-refractivity contribution in [2.45, 2.75) is 200 Å². The fourth-order valence-electron chi connectivity index (χ4n) is 4.64. The molecule has 0 aromatic heterocycles. The third-order valence-electron chi connectivity index (χ3n) is 7.90. The van der Waals surface area contributed by atoms with Crippen LogP contribution in [-0.2, 0) is 14.2 Å².